The zero-order chi connectivity index (χ0) is 18.8. The van der Waals surface area contributed by atoms with Crippen LogP contribution < -0.4 is 10.6 Å². The number of hydrogen-bond donors (Lipinski definition) is 2. The Hall–Kier alpha value is -3.44. The largest absolute Gasteiger partial charge is 0.335 e. The van der Waals surface area contributed by atoms with Crippen molar-refractivity contribution >= 4 is 11.7 Å². The maximum atomic E-state index is 14.1. The molecule has 3 aromatic rings. The summed E-state index contributed by atoms with van der Waals surface area (Å²) in [4.78, 5) is 12.3. The van der Waals surface area contributed by atoms with E-state index in [-0.39, 0.29) is 17.8 Å². The van der Waals surface area contributed by atoms with Crippen LogP contribution in [0.2, 0.25) is 0 Å². The van der Waals surface area contributed by atoms with E-state index in [1.165, 1.54) is 22.9 Å². The van der Waals surface area contributed by atoms with Crippen LogP contribution >= 0.6 is 0 Å². The first-order chi connectivity index (χ1) is 13.1. The number of nitrogens with zero attached hydrogens (tertiary/aromatic N) is 8. The topological polar surface area (TPSA) is 128 Å². The van der Waals surface area contributed by atoms with Gasteiger partial charge in [0.2, 0.25) is 0 Å². The predicted molar refractivity (Wildman–Crippen MR) is 90.5 cm³/mol. The average Bonchev–Trinajstić information content (AvgIpc) is 3.23. The van der Waals surface area contributed by atoms with Crippen molar-refractivity contribution in [1.82, 2.24) is 45.7 Å². The minimum Gasteiger partial charge on any atom is -0.335 e. The number of anilines is 1. The molecule has 0 radical (unpaired) electrons. The molecule has 27 heavy (non-hydrogen) atoms. The number of carbonyl (C=O) groups is 1. The highest BCUT2D eigenvalue weighted by Gasteiger charge is 2.20. The van der Waals surface area contributed by atoms with Crippen molar-refractivity contribution in [2.75, 3.05) is 5.32 Å². The number of carbonyl (C=O) groups excluding carboxylic acids is 1. The summed E-state index contributed by atoms with van der Waals surface area (Å²) in [5, 5.41) is 28.2. The van der Waals surface area contributed by atoms with Gasteiger partial charge in [0, 0.05) is 24.7 Å². The molecule has 1 aliphatic rings. The molecular weight excluding hydrogens is 355 g/mol. The third kappa shape index (κ3) is 3.59. The second kappa shape index (κ2) is 7.05. The van der Waals surface area contributed by atoms with Gasteiger partial charge < -0.3 is 10.6 Å². The second-order valence-corrected chi connectivity index (χ2v) is 6.25. The molecule has 3 heterocycles. The van der Waals surface area contributed by atoms with Crippen LogP contribution in [0.5, 0.6) is 0 Å². The molecule has 0 bridgehead atoms. The van der Waals surface area contributed by atoms with E-state index in [4.69, 9.17) is 0 Å². The maximum absolute atomic E-state index is 14.1. The van der Waals surface area contributed by atoms with Gasteiger partial charge in [-0.15, -0.1) is 10.2 Å². The molecule has 12 heteroatoms. The van der Waals surface area contributed by atoms with Crippen molar-refractivity contribution in [3.63, 3.8) is 0 Å². The van der Waals surface area contributed by atoms with Gasteiger partial charge >= 0.3 is 6.03 Å². The summed E-state index contributed by atoms with van der Waals surface area (Å²) in [5.41, 5.74) is 0.597. The second-order valence-electron chi connectivity index (χ2n) is 6.25. The Labute approximate surface area is 152 Å². The monoisotopic (exact) mass is 372 g/mol. The number of rotatable bonds is 3. The molecule has 140 valence electrons. The smallest absolute Gasteiger partial charge is 0.319 e. The van der Waals surface area contributed by atoms with Crippen LogP contribution in [-0.4, -0.2) is 52.5 Å². The summed E-state index contributed by atoms with van der Waals surface area (Å²) in [7, 11) is 0. The van der Waals surface area contributed by atoms with E-state index in [9.17, 15) is 9.18 Å². The number of halogens is 1. The van der Waals surface area contributed by atoms with E-state index < -0.39 is 5.82 Å². The van der Waals surface area contributed by atoms with Gasteiger partial charge in [0.1, 0.15) is 11.5 Å². The Kier molecular flexibility index (Phi) is 4.44. The van der Waals surface area contributed by atoms with Crippen LogP contribution in [0.4, 0.5) is 14.9 Å². The lowest BCUT2D eigenvalue weighted by molar-refractivity contribution is 0.246. The van der Waals surface area contributed by atoms with Gasteiger partial charge in [-0.05, 0) is 58.8 Å². The fourth-order valence-corrected chi connectivity index (χ4v) is 3.01. The van der Waals surface area contributed by atoms with E-state index in [1.54, 1.807) is 11.6 Å². The lowest BCUT2D eigenvalue weighted by atomic mass is 10.1. The number of urea groups is 1. The Morgan fingerprint density at radius 3 is 2.89 bits per heavy atom. The zero-order valence-electron chi connectivity index (χ0n) is 14.5. The number of amides is 2. The molecule has 11 nitrogen and oxygen atoms in total. The standard InChI is InChI=1S/C15H17FN10O/c1-9-19-21-24-26(9)13-8-11(2-4-12(13)16)18-15(27)17-10-3-5-14-20-22-23-25(14)7-6-10/h2,4,8,10H,3,5-7H2,1H3,(H2,17,18,27). The molecule has 0 saturated carbocycles. The molecule has 2 amide bonds. The van der Waals surface area contributed by atoms with Gasteiger partial charge in [0.15, 0.2) is 11.6 Å². The van der Waals surface area contributed by atoms with Gasteiger partial charge in [-0.2, -0.15) is 4.68 Å². The molecular formula is C15H17FN10O. The highest BCUT2D eigenvalue weighted by atomic mass is 19.1. The summed E-state index contributed by atoms with van der Waals surface area (Å²) >= 11 is 0. The van der Waals surface area contributed by atoms with E-state index in [0.29, 0.717) is 24.5 Å². The highest BCUT2D eigenvalue weighted by Crippen LogP contribution is 2.19. The van der Waals surface area contributed by atoms with Crippen molar-refractivity contribution in [1.29, 1.82) is 0 Å². The Morgan fingerprint density at radius 1 is 1.22 bits per heavy atom. The summed E-state index contributed by atoms with van der Waals surface area (Å²) in [5.74, 6) is 0.768. The Balaban J connectivity index is 1.41. The molecule has 0 fully saturated rings. The van der Waals surface area contributed by atoms with E-state index in [0.717, 1.165) is 18.7 Å². The Morgan fingerprint density at radius 2 is 2.07 bits per heavy atom. The highest BCUT2D eigenvalue weighted by molar-refractivity contribution is 5.89. The van der Waals surface area contributed by atoms with Gasteiger partial charge in [0.25, 0.3) is 0 Å². The maximum Gasteiger partial charge on any atom is 0.319 e. The minimum atomic E-state index is -0.490. The van der Waals surface area contributed by atoms with Gasteiger partial charge in [-0.1, -0.05) is 0 Å². The molecule has 1 aliphatic heterocycles. The molecule has 4 rings (SSSR count). The summed E-state index contributed by atoms with van der Waals surface area (Å²) in [6, 6.07) is 3.84. The van der Waals surface area contributed by atoms with Crippen molar-refractivity contribution in [2.45, 2.75) is 38.8 Å². The van der Waals surface area contributed by atoms with Crippen LogP contribution in [0, 0.1) is 12.7 Å². The molecule has 0 spiro atoms. The third-order valence-corrected chi connectivity index (χ3v) is 4.40. The lowest BCUT2D eigenvalue weighted by Gasteiger charge is -2.17. The van der Waals surface area contributed by atoms with Crippen LogP contribution in [-0.2, 0) is 13.0 Å². The van der Waals surface area contributed by atoms with Crippen molar-refractivity contribution in [2.24, 2.45) is 0 Å². The van der Waals surface area contributed by atoms with Gasteiger partial charge in [-0.3, -0.25) is 0 Å². The summed E-state index contributed by atoms with van der Waals surface area (Å²) in [6.07, 6.45) is 2.16. The number of hydrogen-bond acceptors (Lipinski definition) is 7. The quantitative estimate of drug-likeness (QED) is 0.690. The number of fused-ring (bicyclic) bond motifs is 1. The lowest BCUT2D eigenvalue weighted by Crippen LogP contribution is -2.38. The molecule has 1 unspecified atom stereocenters. The van der Waals surface area contributed by atoms with Crippen LogP contribution in [0.25, 0.3) is 5.69 Å². The zero-order valence-corrected chi connectivity index (χ0v) is 14.5. The fraction of sp³-hybridized carbons (Fsp3) is 0.400. The number of benzene rings is 1. The van der Waals surface area contributed by atoms with E-state index in [1.807, 2.05) is 0 Å². The summed E-state index contributed by atoms with van der Waals surface area (Å²) < 4.78 is 17.1. The number of aromatic nitrogens is 8. The first-order valence-corrected chi connectivity index (χ1v) is 8.47. The molecule has 1 atom stereocenters. The molecule has 0 saturated heterocycles. The first-order valence-electron chi connectivity index (χ1n) is 8.47. The van der Waals surface area contributed by atoms with Crippen LogP contribution in [0.15, 0.2) is 18.2 Å². The molecule has 0 aliphatic carbocycles. The van der Waals surface area contributed by atoms with Crippen LogP contribution in [0.1, 0.15) is 24.5 Å². The first kappa shape index (κ1) is 17.0. The third-order valence-electron chi connectivity index (χ3n) is 4.40. The van der Waals surface area contributed by atoms with Crippen molar-refractivity contribution in [3.8, 4) is 5.69 Å². The average molecular weight is 372 g/mol. The number of aryl methyl sites for hydroxylation is 3. The van der Waals surface area contributed by atoms with Crippen molar-refractivity contribution in [3.05, 3.63) is 35.7 Å². The SMILES string of the molecule is Cc1nnnn1-c1cc(NC(=O)NC2CCc3nnnn3CC2)ccc1F. The van der Waals surface area contributed by atoms with Crippen LogP contribution in [0.3, 0.4) is 0 Å². The predicted octanol–water partition coefficient (Wildman–Crippen LogP) is 0.623. The van der Waals surface area contributed by atoms with E-state index >= 15 is 0 Å². The number of nitrogens with one attached hydrogen (secondary N) is 2. The van der Waals surface area contributed by atoms with Crippen molar-refractivity contribution < 1.29 is 9.18 Å². The normalized spacial score (nSPS) is 16.4. The summed E-state index contributed by atoms with van der Waals surface area (Å²) in [6.45, 7) is 2.31. The fourth-order valence-electron chi connectivity index (χ4n) is 3.01. The van der Waals surface area contributed by atoms with Gasteiger partial charge in [0.05, 0.1) is 0 Å². The molecule has 2 aromatic heterocycles. The minimum absolute atomic E-state index is 0.0184. The Bertz CT molecular complexity index is 945. The molecule has 1 aromatic carbocycles. The van der Waals surface area contributed by atoms with Gasteiger partial charge in [-0.25, -0.2) is 13.9 Å². The van der Waals surface area contributed by atoms with E-state index in [2.05, 4.69) is 41.7 Å². The number of tetrazole rings is 2. The molecule has 2 N–H and O–H groups in total.